The number of carbonyl (C=O) groups is 1. The van der Waals surface area contributed by atoms with Crippen LogP contribution in [0.25, 0.3) is 6.08 Å². The first-order valence-corrected chi connectivity index (χ1v) is 7.31. The smallest absolute Gasteiger partial charge is 0.339 e. The van der Waals surface area contributed by atoms with E-state index in [2.05, 4.69) is 11.5 Å². The summed E-state index contributed by atoms with van der Waals surface area (Å²) in [7, 11) is 0. The molecule has 6 nitrogen and oxygen atoms in total. The van der Waals surface area contributed by atoms with E-state index >= 15 is 0 Å². The van der Waals surface area contributed by atoms with E-state index in [1.807, 2.05) is 12.1 Å². The number of hydrogen-bond acceptors (Lipinski definition) is 5. The molecule has 3 N–H and O–H groups in total. The molecule has 0 aliphatic carbocycles. The van der Waals surface area contributed by atoms with E-state index in [-0.39, 0.29) is 11.3 Å². The normalized spacial score (nSPS) is 10.2. The minimum atomic E-state index is -1.22. The Morgan fingerprint density at radius 2 is 2.00 bits per heavy atom. The van der Waals surface area contributed by atoms with Crippen molar-refractivity contribution in [3.8, 4) is 17.2 Å². The van der Waals surface area contributed by atoms with Gasteiger partial charge in [-0.15, -0.1) is 0 Å². The molecule has 0 atom stereocenters. The van der Waals surface area contributed by atoms with Crippen LogP contribution < -0.4 is 9.62 Å². The first-order chi connectivity index (χ1) is 11.5. The van der Waals surface area contributed by atoms with Gasteiger partial charge in [-0.05, 0) is 48.2 Å². The van der Waals surface area contributed by atoms with E-state index in [1.165, 1.54) is 18.2 Å². The minimum absolute atomic E-state index is 0.205. The van der Waals surface area contributed by atoms with Gasteiger partial charge in [0.2, 0.25) is 0 Å². The molecule has 0 saturated carbocycles. The number of carboxylic acids is 1. The Kier molecular flexibility index (Phi) is 5.81. The van der Waals surface area contributed by atoms with Crippen molar-refractivity contribution in [1.82, 2.24) is 0 Å². The number of aromatic hydroxyl groups is 1. The Labute approximate surface area is 139 Å². The Bertz CT molecular complexity index is 738. The lowest BCUT2D eigenvalue weighted by molar-refractivity contribution is -0.138. The van der Waals surface area contributed by atoms with Gasteiger partial charge < -0.3 is 19.8 Å². The number of carboxylic acid groups (broad SMARTS) is 1. The molecule has 126 valence electrons. The highest BCUT2D eigenvalue weighted by atomic mass is 17.1. The molecule has 0 aliphatic heterocycles. The molecule has 0 heterocycles. The highest BCUT2D eigenvalue weighted by Crippen LogP contribution is 2.24. The Morgan fingerprint density at radius 3 is 2.67 bits per heavy atom. The quantitative estimate of drug-likeness (QED) is 0.389. The van der Waals surface area contributed by atoms with Gasteiger partial charge in [-0.3, -0.25) is 0 Å². The fraction of sp³-hybridized carbons (Fsp3) is 0.167. The van der Waals surface area contributed by atoms with Crippen LogP contribution in [0.1, 0.15) is 27.9 Å². The zero-order chi connectivity index (χ0) is 17.5. The Morgan fingerprint density at radius 1 is 1.21 bits per heavy atom. The highest BCUT2D eigenvalue weighted by Gasteiger charge is 2.11. The second kappa shape index (κ2) is 8.03. The van der Waals surface area contributed by atoms with Crippen LogP contribution in [-0.4, -0.2) is 28.0 Å². The summed E-state index contributed by atoms with van der Waals surface area (Å²) >= 11 is 0. The first-order valence-electron chi connectivity index (χ1n) is 7.31. The van der Waals surface area contributed by atoms with E-state index in [9.17, 15) is 9.90 Å². The van der Waals surface area contributed by atoms with E-state index in [4.69, 9.17) is 15.1 Å². The lowest BCUT2D eigenvalue weighted by Crippen LogP contribution is -2.03. The molecule has 24 heavy (non-hydrogen) atoms. The van der Waals surface area contributed by atoms with Gasteiger partial charge in [0, 0.05) is 0 Å². The van der Waals surface area contributed by atoms with Crippen molar-refractivity contribution in [1.29, 1.82) is 0 Å². The standard InChI is InChI=1S/C18H18O6/c1-2-12-5-6-13(17(10-12)24-22)4-3-9-23-14-7-8-16(19)15(11-14)18(20)21/h2,5-8,10-11,19,22H,1,3-4,9H2,(H,20,21). The molecule has 0 fully saturated rings. The average Bonchev–Trinajstić information content (AvgIpc) is 2.59. The van der Waals surface area contributed by atoms with Crippen LogP contribution in [0.4, 0.5) is 0 Å². The van der Waals surface area contributed by atoms with Crippen LogP contribution in [0.2, 0.25) is 0 Å². The maximum atomic E-state index is 11.0. The number of phenols is 1. The van der Waals surface area contributed by atoms with Gasteiger partial charge in [-0.1, -0.05) is 24.8 Å². The second-order valence-corrected chi connectivity index (χ2v) is 5.10. The van der Waals surface area contributed by atoms with Crippen molar-refractivity contribution < 1.29 is 29.9 Å². The number of hydrogen-bond donors (Lipinski definition) is 3. The van der Waals surface area contributed by atoms with Crippen LogP contribution in [-0.2, 0) is 6.42 Å². The number of benzene rings is 2. The summed E-state index contributed by atoms with van der Waals surface area (Å²) in [6.07, 6.45) is 2.89. The van der Waals surface area contributed by atoms with Gasteiger partial charge in [0.05, 0.1) is 6.61 Å². The molecule has 0 amide bonds. The van der Waals surface area contributed by atoms with Crippen molar-refractivity contribution in [2.45, 2.75) is 12.8 Å². The van der Waals surface area contributed by atoms with E-state index in [1.54, 1.807) is 12.1 Å². The van der Waals surface area contributed by atoms with E-state index < -0.39 is 5.97 Å². The van der Waals surface area contributed by atoms with E-state index in [0.29, 0.717) is 30.9 Å². The van der Waals surface area contributed by atoms with Crippen LogP contribution in [0, 0.1) is 0 Å². The maximum Gasteiger partial charge on any atom is 0.339 e. The third kappa shape index (κ3) is 4.27. The van der Waals surface area contributed by atoms with Crippen molar-refractivity contribution in [3.63, 3.8) is 0 Å². The fourth-order valence-electron chi connectivity index (χ4n) is 2.22. The molecule has 0 aromatic heterocycles. The number of aryl methyl sites for hydroxylation is 1. The third-order valence-corrected chi connectivity index (χ3v) is 3.48. The first kappa shape index (κ1) is 17.4. The van der Waals surface area contributed by atoms with Crippen LogP contribution in [0.3, 0.4) is 0 Å². The number of aromatic carboxylic acids is 1. The molecule has 0 spiro atoms. The summed E-state index contributed by atoms with van der Waals surface area (Å²) in [5, 5.41) is 27.3. The molecule has 0 bridgehead atoms. The van der Waals surface area contributed by atoms with E-state index in [0.717, 1.165) is 11.1 Å². The van der Waals surface area contributed by atoms with Crippen molar-refractivity contribution in [2.24, 2.45) is 0 Å². The summed E-state index contributed by atoms with van der Waals surface area (Å²) < 4.78 is 5.50. The third-order valence-electron chi connectivity index (χ3n) is 3.48. The zero-order valence-electron chi connectivity index (χ0n) is 12.9. The van der Waals surface area contributed by atoms with Gasteiger partial charge >= 0.3 is 5.97 Å². The van der Waals surface area contributed by atoms with Crippen molar-refractivity contribution in [3.05, 3.63) is 59.7 Å². The topological polar surface area (TPSA) is 96.2 Å². The Hall–Kier alpha value is -2.99. The van der Waals surface area contributed by atoms with Crippen LogP contribution in [0.15, 0.2) is 43.0 Å². The lowest BCUT2D eigenvalue weighted by Gasteiger charge is -2.10. The molecule has 0 radical (unpaired) electrons. The Balaban J connectivity index is 1.93. The van der Waals surface area contributed by atoms with Gasteiger partial charge in [0.15, 0.2) is 5.75 Å². The predicted octanol–water partition coefficient (Wildman–Crippen LogP) is 3.60. The lowest BCUT2D eigenvalue weighted by atomic mass is 10.1. The van der Waals surface area contributed by atoms with Crippen molar-refractivity contribution >= 4 is 12.0 Å². The fourth-order valence-corrected chi connectivity index (χ4v) is 2.22. The molecule has 2 aromatic carbocycles. The summed E-state index contributed by atoms with van der Waals surface area (Å²) in [5.74, 6) is -0.789. The molecule has 0 saturated heterocycles. The molecule has 6 heteroatoms. The molecular formula is C18H18O6. The molecule has 2 aromatic rings. The summed E-state index contributed by atoms with van der Waals surface area (Å²) in [6, 6.07) is 9.45. The average molecular weight is 330 g/mol. The number of rotatable bonds is 8. The predicted molar refractivity (Wildman–Crippen MR) is 88.7 cm³/mol. The summed E-state index contributed by atoms with van der Waals surface area (Å²) in [4.78, 5) is 15.3. The maximum absolute atomic E-state index is 11.0. The molecule has 0 unspecified atom stereocenters. The van der Waals surface area contributed by atoms with Gasteiger partial charge in [0.1, 0.15) is 17.1 Å². The number of ether oxygens (including phenoxy) is 1. The zero-order valence-corrected chi connectivity index (χ0v) is 12.9. The second-order valence-electron chi connectivity index (χ2n) is 5.10. The largest absolute Gasteiger partial charge is 0.507 e. The monoisotopic (exact) mass is 330 g/mol. The summed E-state index contributed by atoms with van der Waals surface area (Å²) in [6.45, 7) is 4.00. The van der Waals surface area contributed by atoms with Crippen LogP contribution >= 0.6 is 0 Å². The summed E-state index contributed by atoms with van der Waals surface area (Å²) in [5.41, 5.74) is 1.46. The van der Waals surface area contributed by atoms with Gasteiger partial charge in [-0.25, -0.2) is 10.1 Å². The van der Waals surface area contributed by atoms with Gasteiger partial charge in [0.25, 0.3) is 0 Å². The molecule has 2 rings (SSSR count). The SMILES string of the molecule is C=Cc1ccc(CCCOc2ccc(O)c(C(=O)O)c2)c(OO)c1. The molecule has 0 aliphatic rings. The van der Waals surface area contributed by atoms with Crippen molar-refractivity contribution in [2.75, 3.05) is 6.61 Å². The van der Waals surface area contributed by atoms with Crippen LogP contribution in [0.5, 0.6) is 17.2 Å². The van der Waals surface area contributed by atoms with Gasteiger partial charge in [-0.2, -0.15) is 0 Å². The highest BCUT2D eigenvalue weighted by molar-refractivity contribution is 5.91. The molecular weight excluding hydrogens is 312 g/mol. The minimum Gasteiger partial charge on any atom is -0.507 e.